The predicted molar refractivity (Wildman–Crippen MR) is 141 cm³/mol. The van der Waals surface area contributed by atoms with E-state index in [2.05, 4.69) is 30.0 Å². The Labute approximate surface area is 203 Å². The maximum atomic E-state index is 10.6. The van der Waals surface area contributed by atoms with Crippen LogP contribution >= 0.6 is 0 Å². The Bertz CT molecular complexity index is 1330. The van der Waals surface area contributed by atoms with Crippen LogP contribution in [0.4, 0.5) is 5.82 Å². The molecule has 180 valence electrons. The highest BCUT2D eigenvalue weighted by molar-refractivity contribution is 5.93. The summed E-state index contributed by atoms with van der Waals surface area (Å²) >= 11 is 0. The molecule has 0 unspecified atom stereocenters. The smallest absolute Gasteiger partial charge is 0.248 e. The highest BCUT2D eigenvalue weighted by Gasteiger charge is 2.19. The van der Waals surface area contributed by atoms with Crippen LogP contribution in [0.25, 0.3) is 22.3 Å². The van der Waals surface area contributed by atoms with Gasteiger partial charge in [0.05, 0.1) is 18.2 Å². The highest BCUT2D eigenvalue weighted by Crippen LogP contribution is 2.33. The van der Waals surface area contributed by atoms with Gasteiger partial charge >= 0.3 is 0 Å². The number of phenols is 1. The van der Waals surface area contributed by atoms with E-state index >= 15 is 0 Å². The van der Waals surface area contributed by atoms with Crippen molar-refractivity contribution in [3.63, 3.8) is 0 Å². The minimum atomic E-state index is -0.441. The number of fused-ring (bicyclic) bond motifs is 1. The predicted octanol–water partition coefficient (Wildman–Crippen LogP) is 5.44. The van der Waals surface area contributed by atoms with Crippen molar-refractivity contribution in [3.8, 4) is 22.9 Å². The molecule has 7 heteroatoms. The number of phenolic OH excluding ortho intramolecular Hbond substituents is 1. The molecule has 1 aliphatic heterocycles. The molecular formula is C27H34N4O3. The third-order valence-electron chi connectivity index (χ3n) is 5.74. The molecule has 0 atom stereocenters. The van der Waals surface area contributed by atoms with Gasteiger partial charge in [0.1, 0.15) is 17.3 Å². The average molecular weight is 463 g/mol. The van der Waals surface area contributed by atoms with Gasteiger partial charge in [0.25, 0.3) is 0 Å². The molecule has 3 aromatic carbocycles. The van der Waals surface area contributed by atoms with E-state index in [1.54, 1.807) is 37.4 Å². The van der Waals surface area contributed by atoms with E-state index in [1.807, 2.05) is 18.2 Å². The maximum Gasteiger partial charge on any atom is 0.248 e. The number of methoxy groups -OCH3 is 1. The fraction of sp³-hybridized carbons (Fsp3) is 0.222. The van der Waals surface area contributed by atoms with Crippen LogP contribution in [0.15, 0.2) is 66.7 Å². The van der Waals surface area contributed by atoms with Crippen molar-refractivity contribution < 1.29 is 18.9 Å². The molecule has 0 saturated carbocycles. The number of carbonyl (C=O) groups excluding carboxylic acids is 1. The van der Waals surface area contributed by atoms with E-state index in [0.717, 1.165) is 29.8 Å². The van der Waals surface area contributed by atoms with Gasteiger partial charge in [0, 0.05) is 28.3 Å². The Morgan fingerprint density at radius 2 is 1.79 bits per heavy atom. The number of carbonyl (C=O) groups is 1. The Kier molecular flexibility index (Phi) is 6.92. The lowest BCUT2D eigenvalue weighted by atomic mass is 10.1. The van der Waals surface area contributed by atoms with Crippen LogP contribution in [0.3, 0.4) is 0 Å². The molecule has 7 nitrogen and oxygen atoms in total. The lowest BCUT2D eigenvalue weighted by molar-refractivity contribution is 0.1000. The topological polar surface area (TPSA) is 102 Å². The van der Waals surface area contributed by atoms with Crippen molar-refractivity contribution in [1.29, 1.82) is 0 Å². The molecule has 1 saturated heterocycles. The van der Waals surface area contributed by atoms with Crippen molar-refractivity contribution >= 4 is 22.6 Å². The Morgan fingerprint density at radius 1 is 1.03 bits per heavy atom. The van der Waals surface area contributed by atoms with Crippen LogP contribution < -0.4 is 15.4 Å². The minimum Gasteiger partial charge on any atom is -0.507 e. The zero-order valence-electron chi connectivity index (χ0n) is 19.4. The fourth-order valence-corrected chi connectivity index (χ4v) is 3.95. The zero-order chi connectivity index (χ0) is 24.1. The number of nitrogens with two attached hydrogens (primary N) is 1. The molecule has 1 amide bonds. The maximum absolute atomic E-state index is 10.6. The number of anilines is 1. The first-order valence-corrected chi connectivity index (χ1v) is 11.2. The molecule has 0 aliphatic carbocycles. The second-order valence-electron chi connectivity index (χ2n) is 8.20. The number of aryl methyl sites for hydroxylation is 1. The second-order valence-corrected chi connectivity index (χ2v) is 8.20. The van der Waals surface area contributed by atoms with Crippen molar-refractivity contribution in [1.82, 2.24) is 9.97 Å². The summed E-state index contributed by atoms with van der Waals surface area (Å²) in [5, 5.41) is 11.2. The first-order valence-electron chi connectivity index (χ1n) is 11.2. The van der Waals surface area contributed by atoms with Crippen molar-refractivity contribution in [2.24, 2.45) is 5.73 Å². The van der Waals surface area contributed by atoms with Gasteiger partial charge in [-0.1, -0.05) is 24.3 Å². The van der Waals surface area contributed by atoms with Gasteiger partial charge in [0.15, 0.2) is 5.82 Å². The van der Waals surface area contributed by atoms with E-state index < -0.39 is 5.91 Å². The zero-order valence-corrected chi connectivity index (χ0v) is 19.4. The highest BCUT2D eigenvalue weighted by atomic mass is 16.5. The number of primary amides is 1. The molecule has 1 aliphatic rings. The molecule has 0 spiro atoms. The molecule has 0 radical (unpaired) electrons. The Morgan fingerprint density at radius 3 is 2.50 bits per heavy atom. The Hall–Kier alpha value is -4.13. The number of amides is 1. The lowest BCUT2D eigenvalue weighted by Crippen LogP contribution is -2.20. The van der Waals surface area contributed by atoms with Gasteiger partial charge in [-0.15, -0.1) is 0 Å². The molecule has 4 aromatic rings. The van der Waals surface area contributed by atoms with Crippen molar-refractivity contribution in [3.05, 3.63) is 77.9 Å². The van der Waals surface area contributed by atoms with Crippen LogP contribution in [-0.4, -0.2) is 41.2 Å². The molecule has 2 heterocycles. The molecule has 1 aromatic heterocycles. The fourth-order valence-electron chi connectivity index (χ4n) is 3.95. The molecule has 1 fully saturated rings. The summed E-state index contributed by atoms with van der Waals surface area (Å²) in [5.74, 6) is 1.98. The van der Waals surface area contributed by atoms with Gasteiger partial charge in [-0.3, -0.25) is 4.79 Å². The molecule has 34 heavy (non-hydrogen) atoms. The standard InChI is InChI=1S/C19H19N3O.C8H9NO2.3H2/c1-13-8-9-14-16(12-13)20-18(15-6-2-3-7-17(15)23)21-19(14)22-10-4-5-11-22;1-11-7-4-2-3-6(5-7)8(9)10;;;/h2-3,6-9,12,23H,4-5,10-11H2,1H3;2-5H,1H3,(H2,9,10);3*1H. The normalized spacial score (nSPS) is 12.8. The van der Waals surface area contributed by atoms with Crippen LogP contribution in [0.1, 0.15) is 33.0 Å². The summed E-state index contributed by atoms with van der Waals surface area (Å²) in [6, 6.07) is 20.3. The number of para-hydroxylation sites is 1. The van der Waals surface area contributed by atoms with E-state index in [-0.39, 0.29) is 10.0 Å². The number of nitrogens with zero attached hydrogens (tertiary/aromatic N) is 3. The summed E-state index contributed by atoms with van der Waals surface area (Å²) in [5.41, 5.74) is 8.29. The van der Waals surface area contributed by atoms with E-state index in [0.29, 0.717) is 22.7 Å². The van der Waals surface area contributed by atoms with Gasteiger partial charge in [-0.25, -0.2) is 9.97 Å². The number of ether oxygens (including phenoxy) is 1. The molecule has 3 N–H and O–H groups in total. The minimum absolute atomic E-state index is 0. The third-order valence-corrected chi connectivity index (χ3v) is 5.74. The van der Waals surface area contributed by atoms with Crippen LogP contribution in [0.5, 0.6) is 11.5 Å². The number of aromatic hydroxyl groups is 1. The van der Waals surface area contributed by atoms with E-state index in [9.17, 15) is 9.90 Å². The van der Waals surface area contributed by atoms with Gasteiger partial charge in [-0.05, 0) is 67.8 Å². The summed E-state index contributed by atoms with van der Waals surface area (Å²) in [4.78, 5) is 22.5. The number of hydrogen-bond donors (Lipinski definition) is 2. The lowest BCUT2D eigenvalue weighted by Gasteiger charge is -2.19. The SMILES string of the molecule is COc1cccc(C(N)=O)c1.Cc1ccc2c(N3CCCC3)nc(-c3ccccc3O)nc2c1.[HH].[HH].[HH]. The van der Waals surface area contributed by atoms with E-state index in [1.165, 1.54) is 18.4 Å². The van der Waals surface area contributed by atoms with Gasteiger partial charge < -0.3 is 20.5 Å². The number of hydrogen-bond acceptors (Lipinski definition) is 6. The van der Waals surface area contributed by atoms with Crippen molar-refractivity contribution in [2.45, 2.75) is 19.8 Å². The second kappa shape index (κ2) is 10.2. The van der Waals surface area contributed by atoms with Crippen LogP contribution in [-0.2, 0) is 0 Å². The number of aromatic nitrogens is 2. The monoisotopic (exact) mass is 462 g/mol. The largest absolute Gasteiger partial charge is 0.507 e. The number of benzene rings is 3. The summed E-state index contributed by atoms with van der Waals surface area (Å²) in [7, 11) is 1.54. The quantitative estimate of drug-likeness (QED) is 0.419. The van der Waals surface area contributed by atoms with Gasteiger partial charge in [0.2, 0.25) is 5.91 Å². The first kappa shape index (κ1) is 23.0. The first-order chi connectivity index (χ1) is 16.5. The molecule has 5 rings (SSSR count). The van der Waals surface area contributed by atoms with Crippen LogP contribution in [0.2, 0.25) is 0 Å². The molecule has 0 bridgehead atoms. The Balaban J connectivity index is 0.000000422. The van der Waals surface area contributed by atoms with Crippen LogP contribution in [0, 0.1) is 6.92 Å². The summed E-state index contributed by atoms with van der Waals surface area (Å²) in [6.45, 7) is 4.12. The summed E-state index contributed by atoms with van der Waals surface area (Å²) < 4.78 is 4.90. The van der Waals surface area contributed by atoms with Gasteiger partial charge in [-0.2, -0.15) is 0 Å². The van der Waals surface area contributed by atoms with Crippen molar-refractivity contribution in [2.75, 3.05) is 25.1 Å². The third kappa shape index (κ3) is 5.09. The molecular weight excluding hydrogens is 428 g/mol. The number of rotatable bonds is 4. The van der Waals surface area contributed by atoms with E-state index in [4.69, 9.17) is 20.4 Å². The average Bonchev–Trinajstić information content (AvgIpc) is 3.39. The summed E-state index contributed by atoms with van der Waals surface area (Å²) in [6.07, 6.45) is 2.40.